The molecule has 0 N–H and O–H groups in total. The highest BCUT2D eigenvalue weighted by molar-refractivity contribution is 6.17. The molecule has 0 aliphatic heterocycles. The average Bonchev–Trinajstić information content (AvgIpc) is 3.01. The molecule has 1 aromatic carbocycles. The van der Waals surface area contributed by atoms with Gasteiger partial charge in [-0.1, -0.05) is 0 Å². The molecule has 0 bridgehead atoms. The minimum absolute atomic E-state index is 0.185. The van der Waals surface area contributed by atoms with Gasteiger partial charge >= 0.3 is 0 Å². The monoisotopic (exact) mass is 308 g/mol. The summed E-state index contributed by atoms with van der Waals surface area (Å²) < 4.78 is 22.5. The zero-order valence-electron chi connectivity index (χ0n) is 11.7. The molecule has 110 valence electrons. The maximum absolute atomic E-state index is 13.8. The number of hydrogen-bond acceptors (Lipinski definition) is 3. The van der Waals surface area contributed by atoms with Gasteiger partial charge in [0.25, 0.3) is 0 Å². The van der Waals surface area contributed by atoms with Gasteiger partial charge in [-0.25, -0.2) is 9.37 Å². The molecule has 0 spiro atoms. The van der Waals surface area contributed by atoms with E-state index in [1.165, 1.54) is 13.2 Å². The normalized spacial score (nSPS) is 11.2. The van der Waals surface area contributed by atoms with E-state index in [0.29, 0.717) is 17.8 Å². The summed E-state index contributed by atoms with van der Waals surface area (Å²) in [4.78, 5) is 4.47. The van der Waals surface area contributed by atoms with Crippen molar-refractivity contribution < 1.29 is 9.13 Å². The molecule has 0 fully saturated rings. The van der Waals surface area contributed by atoms with Crippen molar-refractivity contribution in [3.8, 4) is 11.4 Å². The fourth-order valence-electron chi connectivity index (χ4n) is 2.35. The predicted octanol–water partition coefficient (Wildman–Crippen LogP) is 2.69. The Morgan fingerprint density at radius 3 is 2.81 bits per heavy atom. The van der Waals surface area contributed by atoms with Gasteiger partial charge in [-0.3, -0.25) is 9.25 Å². The lowest BCUT2D eigenvalue weighted by atomic mass is 10.2. The molecule has 0 saturated carbocycles. The Morgan fingerprint density at radius 2 is 2.19 bits per heavy atom. The second kappa shape index (κ2) is 5.37. The van der Waals surface area contributed by atoms with Crippen molar-refractivity contribution >= 4 is 22.6 Å². The molecule has 0 radical (unpaired) electrons. The number of imidazole rings is 1. The third-order valence-electron chi connectivity index (χ3n) is 3.27. The number of alkyl halides is 1. The van der Waals surface area contributed by atoms with Crippen LogP contribution in [0.2, 0.25) is 0 Å². The fraction of sp³-hybridized carbons (Fsp3) is 0.286. The molecule has 3 aromatic rings. The summed E-state index contributed by atoms with van der Waals surface area (Å²) in [6.45, 7) is 0. The van der Waals surface area contributed by atoms with E-state index in [-0.39, 0.29) is 5.75 Å². The van der Waals surface area contributed by atoms with Crippen molar-refractivity contribution in [1.29, 1.82) is 0 Å². The molecule has 2 heterocycles. The summed E-state index contributed by atoms with van der Waals surface area (Å²) in [5.74, 6) is 0.951. The molecule has 7 heteroatoms. The lowest BCUT2D eigenvalue weighted by molar-refractivity contribution is 0.387. The summed E-state index contributed by atoms with van der Waals surface area (Å²) in [6, 6.07) is 3.02. The molecule has 0 atom stereocenters. The Hall–Kier alpha value is -2.08. The number of hydrogen-bond donors (Lipinski definition) is 0. The molecular formula is C14H14ClFN4O. The Labute approximate surface area is 125 Å². The first-order valence-corrected chi connectivity index (χ1v) is 6.97. The number of aryl methyl sites for hydroxylation is 2. The van der Waals surface area contributed by atoms with E-state index in [2.05, 4.69) is 10.1 Å². The van der Waals surface area contributed by atoms with Crippen LogP contribution in [0.15, 0.2) is 24.5 Å². The van der Waals surface area contributed by atoms with Crippen LogP contribution in [-0.2, 0) is 13.5 Å². The first-order chi connectivity index (χ1) is 10.1. The highest BCUT2D eigenvalue weighted by Crippen LogP contribution is 2.28. The zero-order valence-corrected chi connectivity index (χ0v) is 12.4. The summed E-state index contributed by atoms with van der Waals surface area (Å²) in [5, 5.41) is 4.17. The molecule has 21 heavy (non-hydrogen) atoms. The van der Waals surface area contributed by atoms with Crippen molar-refractivity contribution in [3.63, 3.8) is 0 Å². The quantitative estimate of drug-likeness (QED) is 0.696. The van der Waals surface area contributed by atoms with E-state index in [0.717, 1.165) is 17.0 Å². The van der Waals surface area contributed by atoms with Gasteiger partial charge in [0.15, 0.2) is 11.6 Å². The van der Waals surface area contributed by atoms with Crippen molar-refractivity contribution in [1.82, 2.24) is 19.3 Å². The van der Waals surface area contributed by atoms with Crippen LogP contribution < -0.4 is 4.74 Å². The summed E-state index contributed by atoms with van der Waals surface area (Å²) in [6.07, 6.45) is 4.18. The van der Waals surface area contributed by atoms with Crippen molar-refractivity contribution in [2.75, 3.05) is 13.0 Å². The topological polar surface area (TPSA) is 44.9 Å². The predicted molar refractivity (Wildman–Crippen MR) is 78.8 cm³/mol. The second-order valence-corrected chi connectivity index (χ2v) is 5.03. The fourth-order valence-corrected chi connectivity index (χ4v) is 2.52. The largest absolute Gasteiger partial charge is 0.494 e. The highest BCUT2D eigenvalue weighted by atomic mass is 35.5. The van der Waals surface area contributed by atoms with Gasteiger partial charge in [-0.15, -0.1) is 11.6 Å². The zero-order chi connectivity index (χ0) is 15.0. The van der Waals surface area contributed by atoms with Crippen molar-refractivity contribution in [2.45, 2.75) is 6.42 Å². The molecule has 3 rings (SSSR count). The smallest absolute Gasteiger partial charge is 0.167 e. The van der Waals surface area contributed by atoms with Crippen molar-refractivity contribution in [3.05, 3.63) is 36.2 Å². The number of benzene rings is 1. The number of ether oxygens (including phenoxy) is 1. The lowest BCUT2D eigenvalue weighted by Gasteiger charge is -2.06. The molecule has 5 nitrogen and oxygen atoms in total. The van der Waals surface area contributed by atoms with Gasteiger partial charge in [0.2, 0.25) is 0 Å². The number of halogens is 2. The maximum Gasteiger partial charge on any atom is 0.167 e. The van der Waals surface area contributed by atoms with Crippen LogP contribution >= 0.6 is 11.6 Å². The molecule has 0 aliphatic rings. The van der Waals surface area contributed by atoms with Crippen LogP contribution in [0.25, 0.3) is 16.7 Å². The van der Waals surface area contributed by atoms with E-state index < -0.39 is 5.82 Å². The Kier molecular flexibility index (Phi) is 3.55. The van der Waals surface area contributed by atoms with Crippen LogP contribution in [0.3, 0.4) is 0 Å². The highest BCUT2D eigenvalue weighted by Gasteiger charge is 2.16. The molecule has 0 unspecified atom stereocenters. The SMILES string of the molecule is COc1cc2c(cc1F)nc(CCCl)n2-c1cnn(C)c1. The van der Waals surface area contributed by atoms with E-state index >= 15 is 0 Å². The second-order valence-electron chi connectivity index (χ2n) is 4.65. The molecule has 0 saturated heterocycles. The van der Waals surface area contributed by atoms with E-state index in [1.807, 2.05) is 17.8 Å². The number of aromatic nitrogens is 4. The van der Waals surface area contributed by atoms with E-state index in [9.17, 15) is 4.39 Å². The number of nitrogens with zero attached hydrogens (tertiary/aromatic N) is 4. The Morgan fingerprint density at radius 1 is 1.38 bits per heavy atom. The van der Waals surface area contributed by atoms with Gasteiger partial charge in [-0.2, -0.15) is 5.10 Å². The molecule has 0 aliphatic carbocycles. The molecule has 0 amide bonds. The van der Waals surface area contributed by atoms with Gasteiger partial charge in [-0.05, 0) is 0 Å². The first-order valence-electron chi connectivity index (χ1n) is 6.44. The first kappa shape index (κ1) is 13.9. The van der Waals surface area contributed by atoms with Gasteiger partial charge in [0, 0.05) is 37.7 Å². The number of methoxy groups -OCH3 is 1. The van der Waals surface area contributed by atoms with Gasteiger partial charge in [0.05, 0.1) is 30.0 Å². The van der Waals surface area contributed by atoms with E-state index in [4.69, 9.17) is 16.3 Å². The van der Waals surface area contributed by atoms with Crippen molar-refractivity contribution in [2.24, 2.45) is 7.05 Å². The summed E-state index contributed by atoms with van der Waals surface area (Å²) in [7, 11) is 3.28. The third kappa shape index (κ3) is 2.35. The van der Waals surface area contributed by atoms with Crippen LogP contribution in [0, 0.1) is 5.82 Å². The maximum atomic E-state index is 13.8. The van der Waals surface area contributed by atoms with Crippen LogP contribution in [0.5, 0.6) is 5.75 Å². The standard InChI is InChI=1S/C14H14ClFN4O/c1-19-8-9(7-17-19)20-12-6-13(21-2)10(16)5-11(12)18-14(20)3-4-15/h5-8H,3-4H2,1-2H3. The Bertz CT molecular complexity index is 796. The number of rotatable bonds is 4. The summed E-state index contributed by atoms with van der Waals surface area (Å²) >= 11 is 5.85. The van der Waals surface area contributed by atoms with Gasteiger partial charge in [0.1, 0.15) is 5.82 Å². The lowest BCUT2D eigenvalue weighted by Crippen LogP contribution is -2.01. The Balaban J connectivity index is 2.29. The van der Waals surface area contributed by atoms with E-state index in [1.54, 1.807) is 16.9 Å². The minimum atomic E-state index is -0.432. The average molecular weight is 309 g/mol. The van der Waals surface area contributed by atoms with Crippen LogP contribution in [-0.4, -0.2) is 32.3 Å². The van der Waals surface area contributed by atoms with Crippen LogP contribution in [0.1, 0.15) is 5.82 Å². The molecular weight excluding hydrogens is 295 g/mol. The molecule has 2 aromatic heterocycles. The summed E-state index contributed by atoms with van der Waals surface area (Å²) in [5.41, 5.74) is 2.19. The minimum Gasteiger partial charge on any atom is -0.494 e. The van der Waals surface area contributed by atoms with Crippen LogP contribution in [0.4, 0.5) is 4.39 Å². The van der Waals surface area contributed by atoms with Gasteiger partial charge < -0.3 is 4.74 Å². The number of fused-ring (bicyclic) bond motifs is 1. The third-order valence-corrected chi connectivity index (χ3v) is 3.45.